The highest BCUT2D eigenvalue weighted by atomic mass is 35.5. The number of benzene rings is 1. The van der Waals surface area contributed by atoms with Crippen LogP contribution >= 0.6 is 11.6 Å². The first-order chi connectivity index (χ1) is 9.87. The molecular weight excluding hydrogens is 284 g/mol. The molecular formula is C17H27ClN2O. The summed E-state index contributed by atoms with van der Waals surface area (Å²) in [6.07, 6.45) is 0. The quantitative estimate of drug-likeness (QED) is 0.897. The summed E-state index contributed by atoms with van der Waals surface area (Å²) in [6, 6.07) is 6.38. The molecule has 1 aromatic carbocycles. The van der Waals surface area contributed by atoms with Crippen molar-refractivity contribution in [2.45, 2.75) is 39.8 Å². The number of rotatable bonds is 5. The van der Waals surface area contributed by atoms with Crippen molar-refractivity contribution in [2.75, 3.05) is 31.1 Å². The lowest BCUT2D eigenvalue weighted by Crippen LogP contribution is -2.48. The maximum absolute atomic E-state index is 6.44. The lowest BCUT2D eigenvalue weighted by Gasteiger charge is -2.39. The molecule has 3 nitrogen and oxygen atoms in total. The Labute approximate surface area is 133 Å². The molecule has 0 bridgehead atoms. The van der Waals surface area contributed by atoms with E-state index >= 15 is 0 Å². The van der Waals surface area contributed by atoms with E-state index in [9.17, 15) is 0 Å². The fourth-order valence-electron chi connectivity index (χ4n) is 2.61. The zero-order valence-corrected chi connectivity index (χ0v) is 14.3. The molecule has 0 saturated carbocycles. The maximum atomic E-state index is 6.44. The largest absolute Gasteiger partial charge is 0.372 e. The Hall–Kier alpha value is -0.770. The van der Waals surface area contributed by atoms with Gasteiger partial charge in [0, 0.05) is 30.3 Å². The SMILES string of the molecule is CC(C)CNCc1ccc(N2CCOC(C)(C)C2)cc1Cl. The molecule has 118 valence electrons. The molecule has 1 fully saturated rings. The van der Waals surface area contributed by atoms with Gasteiger partial charge in [-0.2, -0.15) is 0 Å². The van der Waals surface area contributed by atoms with Gasteiger partial charge < -0.3 is 15.0 Å². The minimum absolute atomic E-state index is 0.0950. The van der Waals surface area contributed by atoms with Crippen molar-refractivity contribution in [3.05, 3.63) is 28.8 Å². The predicted octanol–water partition coefficient (Wildman–Crippen LogP) is 3.70. The van der Waals surface area contributed by atoms with Gasteiger partial charge in [0.25, 0.3) is 0 Å². The van der Waals surface area contributed by atoms with Crippen LogP contribution in [0.5, 0.6) is 0 Å². The Morgan fingerprint density at radius 2 is 2.14 bits per heavy atom. The molecule has 1 aliphatic heterocycles. The molecule has 2 rings (SSSR count). The van der Waals surface area contributed by atoms with E-state index in [0.29, 0.717) is 5.92 Å². The van der Waals surface area contributed by atoms with Gasteiger partial charge in [0.15, 0.2) is 0 Å². The zero-order chi connectivity index (χ0) is 15.5. The smallest absolute Gasteiger partial charge is 0.0801 e. The number of anilines is 1. The van der Waals surface area contributed by atoms with Crippen LogP contribution in [0.1, 0.15) is 33.3 Å². The van der Waals surface area contributed by atoms with Gasteiger partial charge in [-0.3, -0.25) is 0 Å². The van der Waals surface area contributed by atoms with Gasteiger partial charge in [-0.1, -0.05) is 31.5 Å². The van der Waals surface area contributed by atoms with Crippen LogP contribution in [0.3, 0.4) is 0 Å². The maximum Gasteiger partial charge on any atom is 0.0801 e. The molecule has 0 amide bonds. The van der Waals surface area contributed by atoms with Crippen LogP contribution in [0.15, 0.2) is 18.2 Å². The molecule has 0 spiro atoms. The highest BCUT2D eigenvalue weighted by Gasteiger charge is 2.27. The number of hydrogen-bond acceptors (Lipinski definition) is 3. The molecule has 1 saturated heterocycles. The summed E-state index contributed by atoms with van der Waals surface area (Å²) in [6.45, 7) is 13.1. The Balaban J connectivity index is 2.01. The molecule has 21 heavy (non-hydrogen) atoms. The molecule has 1 heterocycles. The standard InChI is InChI=1S/C17H27ClN2O/c1-13(2)10-19-11-14-5-6-15(9-16(14)18)20-7-8-21-17(3,4)12-20/h5-6,9,13,19H,7-8,10-12H2,1-4H3. The van der Waals surface area contributed by atoms with E-state index in [1.165, 1.54) is 5.69 Å². The Morgan fingerprint density at radius 3 is 2.76 bits per heavy atom. The normalized spacial score (nSPS) is 18.3. The van der Waals surface area contributed by atoms with Crippen LogP contribution in [0.2, 0.25) is 5.02 Å². The zero-order valence-electron chi connectivity index (χ0n) is 13.6. The molecule has 4 heteroatoms. The molecule has 1 N–H and O–H groups in total. The van der Waals surface area contributed by atoms with Crippen molar-refractivity contribution in [3.8, 4) is 0 Å². The summed E-state index contributed by atoms with van der Waals surface area (Å²) in [5.74, 6) is 0.652. The van der Waals surface area contributed by atoms with E-state index in [1.54, 1.807) is 0 Å². The van der Waals surface area contributed by atoms with E-state index in [1.807, 2.05) is 0 Å². The van der Waals surface area contributed by atoms with Crippen molar-refractivity contribution >= 4 is 17.3 Å². The van der Waals surface area contributed by atoms with Crippen molar-refractivity contribution in [1.29, 1.82) is 0 Å². The second-order valence-electron chi connectivity index (χ2n) is 6.83. The number of morpholine rings is 1. The van der Waals surface area contributed by atoms with Gasteiger partial charge in [0.2, 0.25) is 0 Å². The first-order valence-electron chi connectivity index (χ1n) is 7.75. The summed E-state index contributed by atoms with van der Waals surface area (Å²) >= 11 is 6.44. The fourth-order valence-corrected chi connectivity index (χ4v) is 2.85. The minimum Gasteiger partial charge on any atom is -0.372 e. The van der Waals surface area contributed by atoms with E-state index in [-0.39, 0.29) is 5.60 Å². The first-order valence-corrected chi connectivity index (χ1v) is 8.13. The van der Waals surface area contributed by atoms with Crippen LogP contribution < -0.4 is 10.2 Å². The number of halogens is 1. The second kappa shape index (κ2) is 6.99. The van der Waals surface area contributed by atoms with Gasteiger partial charge in [-0.05, 0) is 44.0 Å². The summed E-state index contributed by atoms with van der Waals surface area (Å²) < 4.78 is 5.76. The van der Waals surface area contributed by atoms with Gasteiger partial charge in [0.1, 0.15) is 0 Å². The molecule has 0 atom stereocenters. The molecule has 0 radical (unpaired) electrons. The van der Waals surface area contributed by atoms with Crippen LogP contribution in [-0.4, -0.2) is 31.8 Å². The lowest BCUT2D eigenvalue weighted by molar-refractivity contribution is -0.0276. The van der Waals surface area contributed by atoms with Crippen LogP contribution in [0, 0.1) is 5.92 Å². The van der Waals surface area contributed by atoms with Crippen molar-refractivity contribution < 1.29 is 4.74 Å². The average Bonchev–Trinajstić information content (AvgIpc) is 2.39. The number of nitrogens with zero attached hydrogens (tertiary/aromatic N) is 1. The summed E-state index contributed by atoms with van der Waals surface area (Å²) in [7, 11) is 0. The Morgan fingerprint density at radius 1 is 1.38 bits per heavy atom. The molecule has 0 aromatic heterocycles. The van der Waals surface area contributed by atoms with Crippen LogP contribution in [-0.2, 0) is 11.3 Å². The van der Waals surface area contributed by atoms with Crippen molar-refractivity contribution in [3.63, 3.8) is 0 Å². The fraction of sp³-hybridized carbons (Fsp3) is 0.647. The molecule has 1 aliphatic rings. The monoisotopic (exact) mass is 310 g/mol. The van der Waals surface area contributed by atoms with Crippen molar-refractivity contribution in [1.82, 2.24) is 5.32 Å². The van der Waals surface area contributed by atoms with E-state index in [0.717, 1.165) is 43.4 Å². The first kappa shape index (κ1) is 16.6. The van der Waals surface area contributed by atoms with Crippen LogP contribution in [0.25, 0.3) is 0 Å². The Kier molecular flexibility index (Phi) is 5.53. The average molecular weight is 311 g/mol. The minimum atomic E-state index is -0.0950. The second-order valence-corrected chi connectivity index (χ2v) is 7.24. The number of hydrogen-bond donors (Lipinski definition) is 1. The third kappa shape index (κ3) is 4.87. The lowest BCUT2D eigenvalue weighted by atomic mass is 10.1. The number of nitrogens with one attached hydrogen (secondary N) is 1. The predicted molar refractivity (Wildman–Crippen MR) is 90.2 cm³/mol. The van der Waals surface area contributed by atoms with E-state index in [4.69, 9.17) is 16.3 Å². The topological polar surface area (TPSA) is 24.5 Å². The van der Waals surface area contributed by atoms with Gasteiger partial charge >= 0.3 is 0 Å². The molecule has 0 unspecified atom stereocenters. The summed E-state index contributed by atoms with van der Waals surface area (Å²) in [5.41, 5.74) is 2.25. The molecule has 1 aromatic rings. The third-order valence-electron chi connectivity index (χ3n) is 3.70. The van der Waals surface area contributed by atoms with Gasteiger partial charge in [-0.25, -0.2) is 0 Å². The third-order valence-corrected chi connectivity index (χ3v) is 4.05. The van der Waals surface area contributed by atoms with E-state index in [2.05, 4.69) is 56.1 Å². The van der Waals surface area contributed by atoms with Crippen molar-refractivity contribution in [2.24, 2.45) is 5.92 Å². The molecule has 0 aliphatic carbocycles. The van der Waals surface area contributed by atoms with Gasteiger partial charge in [-0.15, -0.1) is 0 Å². The van der Waals surface area contributed by atoms with Crippen LogP contribution in [0.4, 0.5) is 5.69 Å². The van der Waals surface area contributed by atoms with Gasteiger partial charge in [0.05, 0.1) is 12.2 Å². The highest BCUT2D eigenvalue weighted by Crippen LogP contribution is 2.27. The Bertz CT molecular complexity index is 474. The van der Waals surface area contributed by atoms with E-state index < -0.39 is 0 Å². The summed E-state index contributed by atoms with van der Waals surface area (Å²) in [4.78, 5) is 2.35. The highest BCUT2D eigenvalue weighted by molar-refractivity contribution is 6.31. The number of ether oxygens (including phenoxy) is 1. The summed E-state index contributed by atoms with van der Waals surface area (Å²) in [5, 5.41) is 4.28.